The summed E-state index contributed by atoms with van der Waals surface area (Å²) in [5, 5.41) is 0.332. The van der Waals surface area contributed by atoms with Crippen molar-refractivity contribution >= 4 is 38.4 Å². The van der Waals surface area contributed by atoms with Crippen molar-refractivity contribution in [2.75, 3.05) is 26.2 Å². The van der Waals surface area contributed by atoms with Crippen LogP contribution >= 0.6 is 11.6 Å². The van der Waals surface area contributed by atoms with Crippen LogP contribution in [0.25, 0.3) is 10.9 Å². The molecule has 1 saturated heterocycles. The number of hydrogen-bond donors (Lipinski definition) is 1. The van der Waals surface area contributed by atoms with Crippen molar-refractivity contribution in [2.24, 2.45) is 0 Å². The van der Waals surface area contributed by atoms with Gasteiger partial charge in [-0.25, -0.2) is 8.42 Å². The summed E-state index contributed by atoms with van der Waals surface area (Å²) in [6, 6.07) is 10.0. The van der Waals surface area contributed by atoms with Gasteiger partial charge in [-0.2, -0.15) is 17.5 Å². The standard InChI is InChI=1S/C21H19ClF3N3O3S/c1-13-2-5-18-14(10-13)11-19(26-18)20(29)27-6-8-28(9-7-27)32(30,31)15-3-4-17(22)16(12-15)21(23,24)25/h2-5,10-12,26H,6-9H2,1H3. The van der Waals surface area contributed by atoms with Crippen LogP contribution in [0.5, 0.6) is 0 Å². The highest BCUT2D eigenvalue weighted by atomic mass is 35.5. The van der Waals surface area contributed by atoms with E-state index in [1.54, 1.807) is 6.07 Å². The van der Waals surface area contributed by atoms with Gasteiger partial charge in [0.05, 0.1) is 15.5 Å². The van der Waals surface area contributed by atoms with E-state index in [0.717, 1.165) is 32.9 Å². The lowest BCUT2D eigenvalue weighted by molar-refractivity contribution is -0.137. The Bertz CT molecular complexity index is 1300. The summed E-state index contributed by atoms with van der Waals surface area (Å²) in [6.45, 7) is 2.12. The van der Waals surface area contributed by atoms with E-state index in [1.807, 2.05) is 25.1 Å². The van der Waals surface area contributed by atoms with Crippen LogP contribution in [0.1, 0.15) is 21.6 Å². The van der Waals surface area contributed by atoms with Gasteiger partial charge in [0.25, 0.3) is 5.91 Å². The normalized spacial score (nSPS) is 16.0. The van der Waals surface area contributed by atoms with Gasteiger partial charge in [-0.3, -0.25) is 4.79 Å². The van der Waals surface area contributed by atoms with Crippen molar-refractivity contribution in [3.63, 3.8) is 0 Å². The number of piperazine rings is 1. The molecule has 0 spiro atoms. The number of nitrogens with zero attached hydrogens (tertiary/aromatic N) is 2. The molecule has 0 unspecified atom stereocenters. The smallest absolute Gasteiger partial charge is 0.351 e. The minimum Gasteiger partial charge on any atom is -0.351 e. The first kappa shape index (κ1) is 22.6. The number of nitrogens with one attached hydrogen (secondary N) is 1. The molecule has 1 aliphatic heterocycles. The average molecular weight is 486 g/mol. The number of carbonyl (C=O) groups excluding carboxylic acids is 1. The van der Waals surface area contributed by atoms with Crippen molar-refractivity contribution in [3.05, 3.63) is 64.3 Å². The van der Waals surface area contributed by atoms with Crippen molar-refractivity contribution < 1.29 is 26.4 Å². The van der Waals surface area contributed by atoms with Crippen LogP contribution in [0.2, 0.25) is 5.02 Å². The van der Waals surface area contributed by atoms with Gasteiger partial charge >= 0.3 is 6.18 Å². The summed E-state index contributed by atoms with van der Waals surface area (Å²) in [5.74, 6) is -0.262. The zero-order valence-electron chi connectivity index (χ0n) is 16.9. The molecule has 0 radical (unpaired) electrons. The van der Waals surface area contributed by atoms with Crippen LogP contribution in [0.3, 0.4) is 0 Å². The number of aromatic nitrogens is 1. The number of carbonyl (C=O) groups is 1. The predicted octanol–water partition coefficient (Wildman–Crippen LogP) is 4.30. The second kappa shape index (κ2) is 8.09. The highest BCUT2D eigenvalue weighted by molar-refractivity contribution is 7.89. The zero-order chi connectivity index (χ0) is 23.3. The Labute approximate surface area is 187 Å². The van der Waals surface area contributed by atoms with E-state index in [1.165, 1.54) is 4.90 Å². The molecule has 2 heterocycles. The van der Waals surface area contributed by atoms with Crippen molar-refractivity contribution in [1.29, 1.82) is 0 Å². The number of amides is 1. The third-order valence-corrected chi connectivity index (χ3v) is 7.64. The lowest BCUT2D eigenvalue weighted by Gasteiger charge is -2.33. The summed E-state index contributed by atoms with van der Waals surface area (Å²) < 4.78 is 66.2. The van der Waals surface area contributed by atoms with Crippen molar-refractivity contribution in [1.82, 2.24) is 14.2 Å². The minimum absolute atomic E-state index is 0.0304. The molecule has 0 saturated carbocycles. The number of alkyl halides is 3. The molecular formula is C21H19ClF3N3O3S. The van der Waals surface area contributed by atoms with E-state index < -0.39 is 31.7 Å². The van der Waals surface area contributed by atoms with Gasteiger partial charge in [0.1, 0.15) is 5.69 Å². The maximum atomic E-state index is 13.1. The number of sulfonamides is 1. The number of H-pyrrole nitrogens is 1. The lowest BCUT2D eigenvalue weighted by Crippen LogP contribution is -2.50. The molecule has 1 aliphatic rings. The monoisotopic (exact) mass is 485 g/mol. The van der Waals surface area contributed by atoms with Crippen LogP contribution in [0.15, 0.2) is 47.4 Å². The summed E-state index contributed by atoms with van der Waals surface area (Å²) in [6.07, 6.45) is -4.77. The molecular weight excluding hydrogens is 467 g/mol. The molecule has 32 heavy (non-hydrogen) atoms. The number of benzene rings is 2. The van der Waals surface area contributed by atoms with Crippen LogP contribution in [0, 0.1) is 6.92 Å². The van der Waals surface area contributed by atoms with E-state index in [9.17, 15) is 26.4 Å². The molecule has 0 aliphatic carbocycles. The van der Waals surface area contributed by atoms with Crippen LogP contribution in [-0.2, 0) is 16.2 Å². The maximum Gasteiger partial charge on any atom is 0.417 e. The summed E-state index contributed by atoms with van der Waals surface area (Å²) >= 11 is 5.59. The minimum atomic E-state index is -4.77. The average Bonchev–Trinajstić information content (AvgIpc) is 3.15. The predicted molar refractivity (Wildman–Crippen MR) is 114 cm³/mol. The van der Waals surface area contributed by atoms with Gasteiger partial charge in [-0.15, -0.1) is 0 Å². The first-order valence-corrected chi connectivity index (χ1v) is 11.5. The van der Waals surface area contributed by atoms with E-state index in [4.69, 9.17) is 11.6 Å². The molecule has 0 bridgehead atoms. The third kappa shape index (κ3) is 4.22. The van der Waals surface area contributed by atoms with Crippen molar-refractivity contribution in [2.45, 2.75) is 18.0 Å². The quantitative estimate of drug-likeness (QED) is 0.601. The third-order valence-electron chi connectivity index (χ3n) is 5.41. The number of hydrogen-bond acceptors (Lipinski definition) is 3. The molecule has 4 rings (SSSR count). The highest BCUT2D eigenvalue weighted by Crippen LogP contribution is 2.36. The van der Waals surface area contributed by atoms with E-state index in [2.05, 4.69) is 4.98 Å². The Morgan fingerprint density at radius 1 is 1.03 bits per heavy atom. The second-order valence-electron chi connectivity index (χ2n) is 7.61. The number of fused-ring (bicyclic) bond motifs is 1. The molecule has 6 nitrogen and oxygen atoms in total. The van der Waals surface area contributed by atoms with Gasteiger partial charge in [0, 0.05) is 37.1 Å². The Kier molecular flexibility index (Phi) is 5.72. The molecule has 1 N–H and O–H groups in total. The fourth-order valence-corrected chi connectivity index (χ4v) is 5.37. The Morgan fingerprint density at radius 3 is 2.38 bits per heavy atom. The van der Waals surface area contributed by atoms with Crippen LogP contribution in [-0.4, -0.2) is 54.7 Å². The van der Waals surface area contributed by atoms with E-state index >= 15 is 0 Å². The fraction of sp³-hybridized carbons (Fsp3) is 0.286. The first-order valence-electron chi connectivity index (χ1n) is 9.72. The number of aromatic amines is 1. The number of rotatable bonds is 3. The van der Waals surface area contributed by atoms with E-state index in [0.29, 0.717) is 11.8 Å². The van der Waals surface area contributed by atoms with Gasteiger partial charge in [-0.05, 0) is 43.3 Å². The van der Waals surface area contributed by atoms with Gasteiger partial charge in [0.15, 0.2) is 0 Å². The molecule has 1 amide bonds. The molecule has 2 aromatic carbocycles. The zero-order valence-corrected chi connectivity index (χ0v) is 18.5. The molecule has 3 aromatic rings. The van der Waals surface area contributed by atoms with Crippen molar-refractivity contribution in [3.8, 4) is 0 Å². The SMILES string of the molecule is Cc1ccc2[nH]c(C(=O)N3CCN(S(=O)(=O)c4ccc(Cl)c(C(F)(F)F)c4)CC3)cc2c1. The molecule has 11 heteroatoms. The van der Waals surface area contributed by atoms with E-state index in [-0.39, 0.29) is 32.1 Å². The van der Waals surface area contributed by atoms with Crippen LogP contribution in [0.4, 0.5) is 13.2 Å². The maximum absolute atomic E-state index is 13.1. The Morgan fingerprint density at radius 2 is 1.72 bits per heavy atom. The van der Waals surface area contributed by atoms with Gasteiger partial charge in [-0.1, -0.05) is 23.2 Å². The Hall–Kier alpha value is -2.56. The molecule has 170 valence electrons. The second-order valence-corrected chi connectivity index (χ2v) is 9.95. The lowest BCUT2D eigenvalue weighted by atomic mass is 10.2. The summed E-state index contributed by atoms with van der Waals surface area (Å²) in [5.41, 5.74) is 1.08. The molecule has 1 aromatic heterocycles. The first-order chi connectivity index (χ1) is 15.0. The number of aryl methyl sites for hydroxylation is 1. The highest BCUT2D eigenvalue weighted by Gasteiger charge is 2.36. The summed E-state index contributed by atoms with van der Waals surface area (Å²) in [7, 11) is -4.17. The van der Waals surface area contributed by atoms with Gasteiger partial charge in [0.2, 0.25) is 10.0 Å². The van der Waals surface area contributed by atoms with Crippen LogP contribution < -0.4 is 0 Å². The number of halogens is 4. The van der Waals surface area contributed by atoms with Gasteiger partial charge < -0.3 is 9.88 Å². The topological polar surface area (TPSA) is 73.5 Å². The largest absolute Gasteiger partial charge is 0.417 e. The summed E-state index contributed by atoms with van der Waals surface area (Å²) in [4.78, 5) is 17.0. The molecule has 0 atom stereocenters. The Balaban J connectivity index is 1.49. The molecule has 1 fully saturated rings. The fourth-order valence-electron chi connectivity index (χ4n) is 3.70.